The van der Waals surface area contributed by atoms with Crippen molar-refractivity contribution in [3.63, 3.8) is 0 Å². The second kappa shape index (κ2) is 7.70. The number of aliphatic hydroxyl groups excluding tert-OH is 1. The fraction of sp³-hybridized carbons (Fsp3) is 0.421. The van der Waals surface area contributed by atoms with E-state index in [1.165, 1.54) is 0 Å². The first-order valence-corrected chi connectivity index (χ1v) is 9.51. The molecule has 3 atom stereocenters. The van der Waals surface area contributed by atoms with Crippen molar-refractivity contribution in [2.24, 2.45) is 5.92 Å². The van der Waals surface area contributed by atoms with Crippen molar-refractivity contribution in [3.05, 3.63) is 48.0 Å². The minimum atomic E-state index is -0.529. The molecule has 1 unspecified atom stereocenters. The van der Waals surface area contributed by atoms with Crippen LogP contribution >= 0.6 is 11.6 Å². The summed E-state index contributed by atoms with van der Waals surface area (Å²) in [5, 5.41) is 19.1. The van der Waals surface area contributed by atoms with Gasteiger partial charge in [0, 0.05) is 43.5 Å². The molecule has 1 aliphatic carbocycles. The molecule has 3 aromatic rings. The van der Waals surface area contributed by atoms with Crippen molar-refractivity contribution >= 4 is 28.5 Å². The van der Waals surface area contributed by atoms with Gasteiger partial charge in [0.1, 0.15) is 5.65 Å². The first kappa shape index (κ1) is 18.0. The average Bonchev–Trinajstić information content (AvgIpc) is 3.33. The van der Waals surface area contributed by atoms with E-state index in [1.54, 1.807) is 23.3 Å². The van der Waals surface area contributed by atoms with E-state index in [0.29, 0.717) is 31.0 Å². The van der Waals surface area contributed by atoms with Crippen molar-refractivity contribution in [2.45, 2.75) is 44.5 Å². The molecule has 4 rings (SSSR count). The number of hydrogen-bond donors (Lipinski definition) is 2. The summed E-state index contributed by atoms with van der Waals surface area (Å²) in [6, 6.07) is 5.68. The number of aryl methyl sites for hydroxylation is 1. The van der Waals surface area contributed by atoms with Crippen molar-refractivity contribution in [3.8, 4) is 0 Å². The van der Waals surface area contributed by atoms with Crippen LogP contribution in [0, 0.1) is 5.92 Å². The minimum absolute atomic E-state index is 0.0559. The van der Waals surface area contributed by atoms with Gasteiger partial charge in [-0.25, -0.2) is 4.98 Å². The quantitative estimate of drug-likeness (QED) is 0.679. The lowest BCUT2D eigenvalue weighted by Gasteiger charge is -2.16. The Morgan fingerprint density at radius 3 is 3.07 bits per heavy atom. The molecule has 0 radical (unpaired) electrons. The maximum absolute atomic E-state index is 12.4. The third-order valence-electron chi connectivity index (χ3n) is 5.12. The standard InChI is InChI=1S/C19H22ClN5O2/c20-15-10-22-25(12-15)11-13-8-16(17(26)9-13)23-18(27)4-7-24-6-3-14-2-1-5-21-19(14)24/h1-3,5-6,10,12-13,16-17,26H,4,7-9,11H2,(H,23,27)/t13?,16-,17-/m1/s1. The van der Waals surface area contributed by atoms with Gasteiger partial charge in [0.15, 0.2) is 0 Å². The van der Waals surface area contributed by atoms with Crippen LogP contribution in [-0.4, -0.2) is 42.5 Å². The van der Waals surface area contributed by atoms with Crippen LogP contribution in [0.5, 0.6) is 0 Å². The zero-order chi connectivity index (χ0) is 18.8. The van der Waals surface area contributed by atoms with E-state index >= 15 is 0 Å². The number of hydrogen-bond acceptors (Lipinski definition) is 4. The van der Waals surface area contributed by atoms with Gasteiger partial charge in [-0.1, -0.05) is 11.6 Å². The predicted molar refractivity (Wildman–Crippen MR) is 102 cm³/mol. The molecule has 3 heterocycles. The number of pyridine rings is 1. The highest BCUT2D eigenvalue weighted by Crippen LogP contribution is 2.28. The normalized spacial score (nSPS) is 22.4. The summed E-state index contributed by atoms with van der Waals surface area (Å²) in [4.78, 5) is 16.7. The van der Waals surface area contributed by atoms with Gasteiger partial charge in [-0.3, -0.25) is 9.48 Å². The number of carbonyl (C=O) groups excluding carboxylic acids is 1. The van der Waals surface area contributed by atoms with E-state index in [9.17, 15) is 9.90 Å². The summed E-state index contributed by atoms with van der Waals surface area (Å²) < 4.78 is 3.76. The van der Waals surface area contributed by atoms with E-state index < -0.39 is 6.10 Å². The summed E-state index contributed by atoms with van der Waals surface area (Å²) in [6.45, 7) is 1.25. The molecule has 2 N–H and O–H groups in total. The summed E-state index contributed by atoms with van der Waals surface area (Å²) >= 11 is 5.89. The minimum Gasteiger partial charge on any atom is -0.391 e. The number of nitrogens with zero attached hydrogens (tertiary/aromatic N) is 4. The Labute approximate surface area is 162 Å². The Hall–Kier alpha value is -2.38. The number of fused-ring (bicyclic) bond motifs is 1. The molecule has 0 aromatic carbocycles. The second-order valence-electron chi connectivity index (χ2n) is 7.13. The second-order valence-corrected chi connectivity index (χ2v) is 7.57. The van der Waals surface area contributed by atoms with Crippen molar-refractivity contribution in [1.82, 2.24) is 24.6 Å². The molecule has 7 nitrogen and oxygen atoms in total. The van der Waals surface area contributed by atoms with Gasteiger partial charge in [0.05, 0.1) is 23.4 Å². The van der Waals surface area contributed by atoms with Crippen LogP contribution in [-0.2, 0) is 17.9 Å². The largest absolute Gasteiger partial charge is 0.391 e. The van der Waals surface area contributed by atoms with Gasteiger partial charge in [-0.05, 0) is 37.0 Å². The van der Waals surface area contributed by atoms with Crippen LogP contribution in [0.3, 0.4) is 0 Å². The summed E-state index contributed by atoms with van der Waals surface area (Å²) in [5.41, 5.74) is 0.879. The van der Waals surface area contributed by atoms with Crippen molar-refractivity contribution in [2.75, 3.05) is 0 Å². The zero-order valence-corrected chi connectivity index (χ0v) is 15.6. The summed E-state index contributed by atoms with van der Waals surface area (Å²) in [7, 11) is 0. The molecule has 1 aliphatic rings. The fourth-order valence-electron chi connectivity index (χ4n) is 3.83. The van der Waals surface area contributed by atoms with Crippen LogP contribution in [0.4, 0.5) is 0 Å². The number of aliphatic hydroxyl groups is 1. The van der Waals surface area contributed by atoms with Crippen molar-refractivity contribution in [1.29, 1.82) is 0 Å². The number of halogens is 1. The lowest BCUT2D eigenvalue weighted by Crippen LogP contribution is -2.40. The van der Waals surface area contributed by atoms with Gasteiger partial charge in [-0.15, -0.1) is 0 Å². The first-order chi connectivity index (χ1) is 13.1. The Kier molecular flexibility index (Phi) is 5.13. The van der Waals surface area contributed by atoms with E-state index in [0.717, 1.165) is 17.5 Å². The molecule has 0 bridgehead atoms. The third kappa shape index (κ3) is 4.14. The number of amides is 1. The zero-order valence-electron chi connectivity index (χ0n) is 14.8. The lowest BCUT2D eigenvalue weighted by atomic mass is 10.1. The van der Waals surface area contributed by atoms with Crippen LogP contribution in [0.15, 0.2) is 43.0 Å². The Morgan fingerprint density at radius 2 is 2.26 bits per heavy atom. The molecule has 1 saturated carbocycles. The summed E-state index contributed by atoms with van der Waals surface area (Å²) in [6.07, 6.45) is 8.28. The molecule has 0 aliphatic heterocycles. The van der Waals surface area contributed by atoms with E-state index in [4.69, 9.17) is 11.6 Å². The maximum atomic E-state index is 12.4. The molecule has 3 aromatic heterocycles. The highest BCUT2D eigenvalue weighted by Gasteiger charge is 2.34. The maximum Gasteiger partial charge on any atom is 0.222 e. The highest BCUT2D eigenvalue weighted by atomic mass is 35.5. The molecule has 0 saturated heterocycles. The molecule has 142 valence electrons. The third-order valence-corrected chi connectivity index (χ3v) is 5.32. The van der Waals surface area contributed by atoms with Crippen molar-refractivity contribution < 1.29 is 9.90 Å². The Bertz CT molecular complexity index is 937. The summed E-state index contributed by atoms with van der Waals surface area (Å²) in [5.74, 6) is 0.207. The van der Waals surface area contributed by atoms with Crippen LogP contribution in [0.25, 0.3) is 11.0 Å². The topological polar surface area (TPSA) is 85.0 Å². The van der Waals surface area contributed by atoms with Gasteiger partial charge in [0.25, 0.3) is 0 Å². The molecule has 1 amide bonds. The Morgan fingerprint density at radius 1 is 1.37 bits per heavy atom. The van der Waals surface area contributed by atoms with E-state index in [-0.39, 0.29) is 17.9 Å². The SMILES string of the molecule is O=C(CCn1ccc2cccnc21)N[C@@H]1CC(Cn2cc(Cl)cn2)C[C@H]1O. The van der Waals surface area contributed by atoms with Crippen LogP contribution in [0.1, 0.15) is 19.3 Å². The number of aromatic nitrogens is 4. The predicted octanol–water partition coefficient (Wildman–Crippen LogP) is 2.23. The Balaban J connectivity index is 1.29. The average molecular weight is 388 g/mol. The fourth-order valence-corrected chi connectivity index (χ4v) is 3.98. The molecule has 0 spiro atoms. The molecular weight excluding hydrogens is 366 g/mol. The smallest absolute Gasteiger partial charge is 0.222 e. The lowest BCUT2D eigenvalue weighted by molar-refractivity contribution is -0.122. The monoisotopic (exact) mass is 387 g/mol. The molecule has 27 heavy (non-hydrogen) atoms. The van der Waals surface area contributed by atoms with Crippen LogP contribution < -0.4 is 5.32 Å². The molecule has 8 heteroatoms. The van der Waals surface area contributed by atoms with Gasteiger partial charge in [0.2, 0.25) is 5.91 Å². The molecule has 1 fully saturated rings. The number of rotatable bonds is 6. The van der Waals surface area contributed by atoms with Gasteiger partial charge >= 0.3 is 0 Å². The first-order valence-electron chi connectivity index (χ1n) is 9.14. The van der Waals surface area contributed by atoms with E-state index in [1.807, 2.05) is 29.0 Å². The van der Waals surface area contributed by atoms with Crippen LogP contribution in [0.2, 0.25) is 5.02 Å². The highest BCUT2D eigenvalue weighted by molar-refractivity contribution is 6.30. The van der Waals surface area contributed by atoms with Gasteiger partial charge < -0.3 is 15.0 Å². The number of carbonyl (C=O) groups is 1. The molecular formula is C19H22ClN5O2. The number of nitrogens with one attached hydrogen (secondary N) is 1. The van der Waals surface area contributed by atoms with Gasteiger partial charge in [-0.2, -0.15) is 5.10 Å². The van der Waals surface area contributed by atoms with E-state index in [2.05, 4.69) is 15.4 Å².